The fourth-order valence-corrected chi connectivity index (χ4v) is 1.06. The molecule has 2 amide bonds. The van der Waals surface area contributed by atoms with Crippen molar-refractivity contribution in [3.63, 3.8) is 0 Å². The summed E-state index contributed by atoms with van der Waals surface area (Å²) in [5, 5.41) is 5.04. The highest BCUT2D eigenvalue weighted by atomic mass is 16.6. The third-order valence-corrected chi connectivity index (χ3v) is 1.83. The van der Waals surface area contributed by atoms with E-state index in [1.54, 1.807) is 20.8 Å². The number of ether oxygens (including phenoxy) is 2. The van der Waals surface area contributed by atoms with Crippen molar-refractivity contribution in [2.45, 2.75) is 32.4 Å². The number of hydrogen-bond donors (Lipinski definition) is 3. The van der Waals surface area contributed by atoms with Crippen molar-refractivity contribution in [3.8, 4) is 0 Å². The molecule has 0 rings (SSSR count). The molecule has 0 aromatic rings. The number of rotatable bonds is 6. The van der Waals surface area contributed by atoms with Crippen molar-refractivity contribution >= 4 is 12.2 Å². The van der Waals surface area contributed by atoms with E-state index in [0.717, 1.165) is 0 Å². The first kappa shape index (κ1) is 17.2. The van der Waals surface area contributed by atoms with Gasteiger partial charge < -0.3 is 25.8 Å². The number of amides is 2. The lowest BCUT2D eigenvalue weighted by atomic mass is 10.2. The molecule has 0 spiro atoms. The van der Waals surface area contributed by atoms with Crippen LogP contribution >= 0.6 is 0 Å². The number of hydrogen-bond acceptors (Lipinski definition) is 5. The average Bonchev–Trinajstić information content (AvgIpc) is 2.29. The molecule has 0 aliphatic carbocycles. The monoisotopic (exact) mass is 273 g/mol. The SMILES string of the molecule is C=CCOC(=O)NC[C@@H](CN)NC(=O)OC(C)(C)C. The normalized spacial score (nSPS) is 12.2. The maximum Gasteiger partial charge on any atom is 0.407 e. The summed E-state index contributed by atoms with van der Waals surface area (Å²) >= 11 is 0. The Morgan fingerprint density at radius 1 is 1.37 bits per heavy atom. The van der Waals surface area contributed by atoms with Gasteiger partial charge in [0.25, 0.3) is 0 Å². The molecule has 0 bridgehead atoms. The molecule has 19 heavy (non-hydrogen) atoms. The summed E-state index contributed by atoms with van der Waals surface area (Å²) in [4.78, 5) is 22.7. The van der Waals surface area contributed by atoms with E-state index in [2.05, 4.69) is 17.2 Å². The second kappa shape index (κ2) is 8.36. The third kappa shape index (κ3) is 9.90. The summed E-state index contributed by atoms with van der Waals surface area (Å²) in [5.74, 6) is 0. The molecule has 0 aromatic carbocycles. The van der Waals surface area contributed by atoms with Crippen molar-refractivity contribution in [2.24, 2.45) is 5.73 Å². The Balaban J connectivity index is 4.04. The van der Waals surface area contributed by atoms with Gasteiger partial charge in [-0.25, -0.2) is 9.59 Å². The van der Waals surface area contributed by atoms with Crippen molar-refractivity contribution in [1.29, 1.82) is 0 Å². The minimum absolute atomic E-state index is 0.124. The topological polar surface area (TPSA) is 103 Å². The molecule has 7 heteroatoms. The molecule has 1 atom stereocenters. The van der Waals surface area contributed by atoms with Gasteiger partial charge in [-0.1, -0.05) is 12.7 Å². The summed E-state index contributed by atoms with van der Waals surface area (Å²) in [6.45, 7) is 9.15. The van der Waals surface area contributed by atoms with Crippen LogP contribution in [0.2, 0.25) is 0 Å². The molecule has 0 saturated heterocycles. The van der Waals surface area contributed by atoms with Gasteiger partial charge in [0.15, 0.2) is 0 Å². The molecule has 0 aromatic heterocycles. The van der Waals surface area contributed by atoms with Crippen molar-refractivity contribution < 1.29 is 19.1 Å². The first-order valence-corrected chi connectivity index (χ1v) is 5.99. The molecule has 4 N–H and O–H groups in total. The van der Waals surface area contributed by atoms with Gasteiger partial charge in [-0.2, -0.15) is 0 Å². The Morgan fingerprint density at radius 2 is 2.00 bits per heavy atom. The van der Waals surface area contributed by atoms with Crippen LogP contribution in [-0.4, -0.2) is 43.5 Å². The van der Waals surface area contributed by atoms with E-state index in [-0.39, 0.29) is 19.7 Å². The molecule has 0 heterocycles. The smallest absolute Gasteiger partial charge is 0.407 e. The molecular weight excluding hydrogens is 250 g/mol. The second-order valence-corrected chi connectivity index (χ2v) is 4.85. The van der Waals surface area contributed by atoms with Crippen LogP contribution in [-0.2, 0) is 9.47 Å². The van der Waals surface area contributed by atoms with Crippen molar-refractivity contribution in [3.05, 3.63) is 12.7 Å². The van der Waals surface area contributed by atoms with Gasteiger partial charge in [-0.3, -0.25) is 0 Å². The predicted octanol–water partition coefficient (Wildman–Crippen LogP) is 0.751. The minimum atomic E-state index is -0.593. The molecule has 0 unspecified atom stereocenters. The molecule has 7 nitrogen and oxygen atoms in total. The summed E-state index contributed by atoms with van der Waals surface area (Å²) in [5.41, 5.74) is 4.91. The van der Waals surface area contributed by atoms with Gasteiger partial charge in [0.1, 0.15) is 12.2 Å². The largest absolute Gasteiger partial charge is 0.445 e. The van der Waals surface area contributed by atoms with Crippen LogP contribution in [0.3, 0.4) is 0 Å². The van der Waals surface area contributed by atoms with Gasteiger partial charge >= 0.3 is 12.2 Å². The van der Waals surface area contributed by atoms with E-state index in [1.165, 1.54) is 6.08 Å². The Labute approximate surface area is 113 Å². The van der Waals surface area contributed by atoms with E-state index in [0.29, 0.717) is 0 Å². The Morgan fingerprint density at radius 3 is 2.47 bits per heavy atom. The lowest BCUT2D eigenvalue weighted by Gasteiger charge is -2.23. The quantitative estimate of drug-likeness (QED) is 0.620. The maximum atomic E-state index is 11.5. The Kier molecular flexibility index (Phi) is 7.59. The van der Waals surface area contributed by atoms with E-state index >= 15 is 0 Å². The molecular formula is C12H23N3O4. The van der Waals surface area contributed by atoms with E-state index < -0.39 is 23.8 Å². The first-order chi connectivity index (χ1) is 8.78. The van der Waals surface area contributed by atoms with Crippen LogP contribution in [0.4, 0.5) is 9.59 Å². The molecule has 0 fully saturated rings. The number of carbonyl (C=O) groups excluding carboxylic acids is 2. The lowest BCUT2D eigenvalue weighted by Crippen LogP contribution is -2.49. The molecule has 0 aliphatic heterocycles. The summed E-state index contributed by atoms with van der Waals surface area (Å²) in [6, 6.07) is -0.425. The van der Waals surface area contributed by atoms with Gasteiger partial charge in [0.2, 0.25) is 0 Å². The number of nitrogens with two attached hydrogens (primary N) is 1. The van der Waals surface area contributed by atoms with Gasteiger partial charge in [0.05, 0.1) is 6.04 Å². The molecule has 0 radical (unpaired) electrons. The molecule has 0 aliphatic rings. The van der Waals surface area contributed by atoms with Gasteiger partial charge in [-0.05, 0) is 20.8 Å². The fourth-order valence-electron chi connectivity index (χ4n) is 1.06. The standard InChI is InChI=1S/C12H23N3O4/c1-5-6-18-10(16)14-8-9(7-13)15-11(17)19-12(2,3)4/h5,9H,1,6-8,13H2,2-4H3,(H,14,16)(H,15,17)/t9-/m1/s1. The van der Waals surface area contributed by atoms with Crippen LogP contribution in [0.5, 0.6) is 0 Å². The van der Waals surface area contributed by atoms with Crippen LogP contribution in [0.15, 0.2) is 12.7 Å². The van der Waals surface area contributed by atoms with Crippen LogP contribution < -0.4 is 16.4 Å². The zero-order chi connectivity index (χ0) is 14.9. The lowest BCUT2D eigenvalue weighted by molar-refractivity contribution is 0.0504. The summed E-state index contributed by atoms with van der Waals surface area (Å²) in [7, 11) is 0. The summed E-state index contributed by atoms with van der Waals surface area (Å²) in [6.07, 6.45) is 0.285. The predicted molar refractivity (Wildman–Crippen MR) is 71.8 cm³/mol. The highest BCUT2D eigenvalue weighted by Gasteiger charge is 2.19. The number of carbonyl (C=O) groups is 2. The Hall–Kier alpha value is -1.76. The van der Waals surface area contributed by atoms with Crippen LogP contribution in [0.1, 0.15) is 20.8 Å². The highest BCUT2D eigenvalue weighted by molar-refractivity contribution is 5.69. The highest BCUT2D eigenvalue weighted by Crippen LogP contribution is 2.06. The van der Waals surface area contributed by atoms with Crippen molar-refractivity contribution in [1.82, 2.24) is 10.6 Å². The minimum Gasteiger partial charge on any atom is -0.445 e. The number of alkyl carbamates (subject to hydrolysis) is 2. The van der Waals surface area contributed by atoms with Gasteiger partial charge in [-0.15, -0.1) is 0 Å². The summed E-state index contributed by atoms with van der Waals surface area (Å²) < 4.78 is 9.80. The average molecular weight is 273 g/mol. The van der Waals surface area contributed by atoms with Crippen LogP contribution in [0.25, 0.3) is 0 Å². The zero-order valence-corrected chi connectivity index (χ0v) is 11.7. The fraction of sp³-hybridized carbons (Fsp3) is 0.667. The maximum absolute atomic E-state index is 11.5. The van der Waals surface area contributed by atoms with E-state index in [1.807, 2.05) is 0 Å². The third-order valence-electron chi connectivity index (χ3n) is 1.83. The molecule has 0 saturated carbocycles. The zero-order valence-electron chi connectivity index (χ0n) is 11.7. The second-order valence-electron chi connectivity index (χ2n) is 4.85. The Bertz CT molecular complexity index is 313. The van der Waals surface area contributed by atoms with Crippen LogP contribution in [0, 0.1) is 0 Å². The first-order valence-electron chi connectivity index (χ1n) is 5.99. The van der Waals surface area contributed by atoms with E-state index in [9.17, 15) is 9.59 Å². The van der Waals surface area contributed by atoms with E-state index in [4.69, 9.17) is 15.2 Å². The number of nitrogens with one attached hydrogen (secondary N) is 2. The van der Waals surface area contributed by atoms with Gasteiger partial charge in [0, 0.05) is 13.1 Å². The molecule has 110 valence electrons. The van der Waals surface area contributed by atoms with Crippen molar-refractivity contribution in [2.75, 3.05) is 19.7 Å².